The Balaban J connectivity index is 3.23. The molecule has 106 valence electrons. The van der Waals surface area contributed by atoms with Crippen LogP contribution in [0.1, 0.15) is 33.3 Å². The summed E-state index contributed by atoms with van der Waals surface area (Å²) >= 11 is 5.73. The van der Waals surface area contributed by atoms with Gasteiger partial charge >= 0.3 is 0 Å². The molecule has 0 fully saturated rings. The highest BCUT2D eigenvalue weighted by molar-refractivity contribution is 6.17. The molecule has 0 N–H and O–H groups in total. The van der Waals surface area contributed by atoms with Gasteiger partial charge in [0.1, 0.15) is 5.69 Å². The Labute approximate surface area is 119 Å². The molecule has 0 aliphatic carbocycles. The molecule has 4 nitrogen and oxygen atoms in total. The second-order valence-electron chi connectivity index (χ2n) is 5.87. The van der Waals surface area contributed by atoms with Crippen LogP contribution < -0.4 is 4.90 Å². The summed E-state index contributed by atoms with van der Waals surface area (Å²) in [6.45, 7) is 8.42. The molecule has 0 heterocycles. The van der Waals surface area contributed by atoms with Crippen molar-refractivity contribution < 1.29 is 4.92 Å². The highest BCUT2D eigenvalue weighted by atomic mass is 35.5. The quantitative estimate of drug-likeness (QED) is 0.473. The molecule has 0 aliphatic heterocycles. The average Bonchev–Trinajstić information content (AvgIpc) is 2.35. The van der Waals surface area contributed by atoms with Crippen molar-refractivity contribution in [2.75, 3.05) is 11.9 Å². The summed E-state index contributed by atoms with van der Waals surface area (Å²) in [6.07, 6.45) is 0. The van der Waals surface area contributed by atoms with Gasteiger partial charge < -0.3 is 4.90 Å². The highest BCUT2D eigenvalue weighted by Crippen LogP contribution is 2.34. The van der Waals surface area contributed by atoms with Gasteiger partial charge in [-0.25, -0.2) is 0 Å². The SMILES string of the molecule is CC(N(C)c1ccc(CCl)cc1[N+](=O)[O-])C(C)(C)C. The number of rotatable bonds is 4. The van der Waals surface area contributed by atoms with Crippen molar-refractivity contribution in [3.63, 3.8) is 0 Å². The van der Waals surface area contributed by atoms with E-state index in [2.05, 4.69) is 27.7 Å². The summed E-state index contributed by atoms with van der Waals surface area (Å²) in [4.78, 5) is 12.8. The topological polar surface area (TPSA) is 46.4 Å². The van der Waals surface area contributed by atoms with E-state index < -0.39 is 0 Å². The van der Waals surface area contributed by atoms with Crippen LogP contribution in [0.4, 0.5) is 11.4 Å². The monoisotopic (exact) mass is 284 g/mol. The predicted molar refractivity (Wildman–Crippen MR) is 80.0 cm³/mol. The fraction of sp³-hybridized carbons (Fsp3) is 0.571. The summed E-state index contributed by atoms with van der Waals surface area (Å²) in [7, 11) is 1.89. The van der Waals surface area contributed by atoms with Crippen LogP contribution in [0.15, 0.2) is 18.2 Å². The van der Waals surface area contributed by atoms with E-state index in [9.17, 15) is 10.1 Å². The average molecular weight is 285 g/mol. The number of nitro benzene ring substituents is 1. The molecule has 5 heteroatoms. The Kier molecular flexibility index (Phi) is 4.80. The maximum atomic E-state index is 11.2. The zero-order chi connectivity index (χ0) is 14.8. The number of nitrogens with zero attached hydrogens (tertiary/aromatic N) is 2. The Morgan fingerprint density at radius 2 is 2.00 bits per heavy atom. The number of alkyl halides is 1. The van der Waals surface area contributed by atoms with Crippen molar-refractivity contribution in [2.45, 2.75) is 39.6 Å². The summed E-state index contributed by atoms with van der Waals surface area (Å²) in [6, 6.07) is 5.33. The lowest BCUT2D eigenvalue weighted by atomic mass is 9.87. The molecule has 1 rings (SSSR count). The first-order valence-corrected chi connectivity index (χ1v) is 6.78. The number of hydrogen-bond donors (Lipinski definition) is 0. The molecule has 19 heavy (non-hydrogen) atoms. The first-order chi connectivity index (χ1) is 8.68. The summed E-state index contributed by atoms with van der Waals surface area (Å²) in [5, 5.41) is 11.2. The smallest absolute Gasteiger partial charge is 0.292 e. The maximum absolute atomic E-state index is 11.2. The molecule has 0 saturated heterocycles. The zero-order valence-electron chi connectivity index (χ0n) is 12.1. The third-order valence-corrected chi connectivity index (χ3v) is 3.91. The van der Waals surface area contributed by atoms with Crippen molar-refractivity contribution in [3.05, 3.63) is 33.9 Å². The van der Waals surface area contributed by atoms with Crippen LogP contribution in [-0.2, 0) is 5.88 Å². The molecule has 1 aromatic rings. The molecule has 1 atom stereocenters. The van der Waals surface area contributed by atoms with E-state index >= 15 is 0 Å². The molecular weight excluding hydrogens is 264 g/mol. The minimum Gasteiger partial charge on any atom is -0.366 e. The number of halogens is 1. The van der Waals surface area contributed by atoms with Crippen molar-refractivity contribution in [1.82, 2.24) is 0 Å². The van der Waals surface area contributed by atoms with Gasteiger partial charge in [-0.3, -0.25) is 10.1 Å². The van der Waals surface area contributed by atoms with Gasteiger partial charge in [-0.15, -0.1) is 11.6 Å². The molecule has 0 spiro atoms. The van der Waals surface area contributed by atoms with Gasteiger partial charge in [0, 0.05) is 25.0 Å². The fourth-order valence-electron chi connectivity index (χ4n) is 1.89. The van der Waals surface area contributed by atoms with E-state index in [1.165, 1.54) is 0 Å². The van der Waals surface area contributed by atoms with Crippen LogP contribution in [0, 0.1) is 15.5 Å². The third-order valence-electron chi connectivity index (χ3n) is 3.61. The Morgan fingerprint density at radius 1 is 1.42 bits per heavy atom. The molecule has 1 unspecified atom stereocenters. The Bertz CT molecular complexity index is 469. The van der Waals surface area contributed by atoms with Gasteiger partial charge in [0.25, 0.3) is 5.69 Å². The van der Waals surface area contributed by atoms with Gasteiger partial charge in [-0.2, -0.15) is 0 Å². The third kappa shape index (κ3) is 3.60. The maximum Gasteiger partial charge on any atom is 0.292 e. The molecule has 0 amide bonds. The largest absolute Gasteiger partial charge is 0.366 e. The van der Waals surface area contributed by atoms with Crippen LogP contribution >= 0.6 is 11.6 Å². The van der Waals surface area contributed by atoms with E-state index in [0.29, 0.717) is 5.69 Å². The number of hydrogen-bond acceptors (Lipinski definition) is 3. The van der Waals surface area contributed by atoms with Gasteiger partial charge in [-0.1, -0.05) is 26.8 Å². The second kappa shape index (κ2) is 5.78. The van der Waals surface area contributed by atoms with Gasteiger partial charge in [-0.05, 0) is 24.0 Å². The van der Waals surface area contributed by atoms with Crippen LogP contribution in [0.2, 0.25) is 0 Å². The standard InChI is InChI=1S/C14H21ClN2O2/c1-10(14(2,3)4)16(5)12-7-6-11(9-15)8-13(12)17(18)19/h6-8,10H,9H2,1-5H3. The number of benzene rings is 1. The van der Waals surface area contributed by atoms with E-state index in [1.807, 2.05) is 18.0 Å². The van der Waals surface area contributed by atoms with Crippen molar-refractivity contribution in [2.24, 2.45) is 5.41 Å². The number of nitro groups is 1. The van der Waals surface area contributed by atoms with E-state index in [1.54, 1.807) is 12.1 Å². The first-order valence-electron chi connectivity index (χ1n) is 6.24. The highest BCUT2D eigenvalue weighted by Gasteiger charge is 2.28. The minimum atomic E-state index is -0.350. The summed E-state index contributed by atoms with van der Waals surface area (Å²) in [5.41, 5.74) is 1.53. The molecule has 0 bridgehead atoms. The van der Waals surface area contributed by atoms with E-state index in [4.69, 9.17) is 11.6 Å². The molecule has 1 aromatic carbocycles. The molecule has 0 aromatic heterocycles. The second-order valence-corrected chi connectivity index (χ2v) is 6.13. The lowest BCUT2D eigenvalue weighted by Crippen LogP contribution is -2.39. The molecule has 0 saturated carbocycles. The Morgan fingerprint density at radius 3 is 2.42 bits per heavy atom. The molecule has 0 radical (unpaired) electrons. The summed E-state index contributed by atoms with van der Waals surface area (Å²) < 4.78 is 0. The van der Waals surface area contributed by atoms with Crippen LogP contribution in [0.5, 0.6) is 0 Å². The zero-order valence-corrected chi connectivity index (χ0v) is 12.9. The number of anilines is 1. The minimum absolute atomic E-state index is 0.0355. The first kappa shape index (κ1) is 15.8. The molecule has 0 aliphatic rings. The van der Waals surface area contributed by atoms with Crippen molar-refractivity contribution >= 4 is 23.0 Å². The van der Waals surface area contributed by atoms with Crippen LogP contribution in [-0.4, -0.2) is 18.0 Å². The summed E-state index contributed by atoms with van der Waals surface area (Å²) in [5.74, 6) is 0.277. The fourth-order valence-corrected chi connectivity index (χ4v) is 2.05. The van der Waals surface area contributed by atoms with Crippen molar-refractivity contribution in [3.8, 4) is 0 Å². The van der Waals surface area contributed by atoms with Gasteiger partial charge in [0.2, 0.25) is 0 Å². The van der Waals surface area contributed by atoms with Gasteiger partial charge in [0.15, 0.2) is 0 Å². The Hall–Kier alpha value is -1.29. The lowest BCUT2D eigenvalue weighted by molar-refractivity contribution is -0.384. The normalized spacial score (nSPS) is 13.2. The van der Waals surface area contributed by atoms with E-state index in [-0.39, 0.29) is 27.9 Å². The van der Waals surface area contributed by atoms with Crippen molar-refractivity contribution in [1.29, 1.82) is 0 Å². The lowest BCUT2D eigenvalue weighted by Gasteiger charge is -2.36. The predicted octanol–water partition coefficient (Wildman–Crippen LogP) is 4.20. The molecular formula is C14H21ClN2O2. The van der Waals surface area contributed by atoms with Gasteiger partial charge in [0.05, 0.1) is 4.92 Å². The van der Waals surface area contributed by atoms with Crippen LogP contribution in [0.3, 0.4) is 0 Å². The van der Waals surface area contributed by atoms with E-state index in [0.717, 1.165) is 5.56 Å². The van der Waals surface area contributed by atoms with Crippen LogP contribution in [0.25, 0.3) is 0 Å².